The molecule has 2 heterocycles. The molecule has 0 aliphatic carbocycles. The van der Waals surface area contributed by atoms with Crippen LogP contribution in [-0.2, 0) is 11.2 Å². The smallest absolute Gasteiger partial charge is 0.330 e. The van der Waals surface area contributed by atoms with E-state index in [1.807, 2.05) is 54.6 Å². The third-order valence-electron chi connectivity index (χ3n) is 5.20. The zero-order chi connectivity index (χ0) is 21.6. The summed E-state index contributed by atoms with van der Waals surface area (Å²) < 4.78 is 5.32. The number of urea groups is 1. The minimum Gasteiger partial charge on any atom is -0.496 e. The summed E-state index contributed by atoms with van der Waals surface area (Å²) in [5, 5.41) is 2.86. The Morgan fingerprint density at radius 1 is 1.00 bits per heavy atom. The zero-order valence-corrected chi connectivity index (χ0v) is 17.3. The molecule has 31 heavy (non-hydrogen) atoms. The Morgan fingerprint density at radius 2 is 1.74 bits per heavy atom. The summed E-state index contributed by atoms with van der Waals surface area (Å²) in [6.07, 6.45) is 2.49. The van der Waals surface area contributed by atoms with Crippen molar-refractivity contribution in [2.24, 2.45) is 0 Å². The number of nitrogens with one attached hydrogen (secondary N) is 1. The second-order valence-electron chi connectivity index (χ2n) is 7.19. The molecule has 1 aromatic heterocycles. The molecule has 0 bridgehead atoms. The number of aryl methyl sites for hydroxylation is 1. The minimum atomic E-state index is -0.104. The van der Waals surface area contributed by atoms with Gasteiger partial charge in [-0.3, -0.25) is 14.6 Å². The van der Waals surface area contributed by atoms with Gasteiger partial charge in [0, 0.05) is 25.2 Å². The van der Waals surface area contributed by atoms with Gasteiger partial charge in [-0.25, -0.2) is 9.78 Å². The van der Waals surface area contributed by atoms with E-state index in [1.165, 1.54) is 0 Å². The van der Waals surface area contributed by atoms with Crippen LogP contribution in [0.15, 0.2) is 72.9 Å². The molecule has 4 rings (SSSR count). The lowest BCUT2D eigenvalue weighted by Crippen LogP contribution is -2.32. The van der Waals surface area contributed by atoms with Crippen LogP contribution >= 0.6 is 0 Å². The van der Waals surface area contributed by atoms with Gasteiger partial charge in [-0.05, 0) is 42.3 Å². The average Bonchev–Trinajstić information content (AvgIpc) is 3.20. The largest absolute Gasteiger partial charge is 0.496 e. The molecule has 1 fully saturated rings. The number of amides is 3. The predicted molar refractivity (Wildman–Crippen MR) is 121 cm³/mol. The first-order valence-electron chi connectivity index (χ1n) is 10.2. The molecule has 1 N–H and O–H groups in total. The molecule has 7 nitrogen and oxygen atoms in total. The lowest BCUT2D eigenvalue weighted by molar-refractivity contribution is -0.116. The van der Waals surface area contributed by atoms with Gasteiger partial charge in [-0.1, -0.05) is 36.4 Å². The van der Waals surface area contributed by atoms with E-state index in [2.05, 4.69) is 10.3 Å². The first-order chi connectivity index (χ1) is 15.2. The second-order valence-corrected chi connectivity index (χ2v) is 7.19. The normalized spacial score (nSPS) is 13.4. The third-order valence-corrected chi connectivity index (χ3v) is 5.20. The van der Waals surface area contributed by atoms with Crippen LogP contribution in [-0.4, -0.2) is 37.1 Å². The highest BCUT2D eigenvalue weighted by Crippen LogP contribution is 2.24. The quantitative estimate of drug-likeness (QED) is 0.629. The monoisotopic (exact) mass is 416 g/mol. The third kappa shape index (κ3) is 4.66. The Bertz CT molecular complexity index is 1050. The molecule has 1 saturated heterocycles. The molecule has 3 amide bonds. The maximum atomic E-state index is 12.8. The van der Waals surface area contributed by atoms with Crippen molar-refractivity contribution >= 4 is 29.1 Å². The van der Waals surface area contributed by atoms with Gasteiger partial charge in [0.15, 0.2) is 0 Å². The van der Waals surface area contributed by atoms with E-state index in [0.717, 1.165) is 17.0 Å². The topological polar surface area (TPSA) is 74.8 Å². The van der Waals surface area contributed by atoms with Crippen LogP contribution in [0.3, 0.4) is 0 Å². The number of benzene rings is 2. The van der Waals surface area contributed by atoms with Crippen molar-refractivity contribution in [3.05, 3.63) is 78.5 Å². The van der Waals surface area contributed by atoms with Crippen LogP contribution in [0.2, 0.25) is 0 Å². The Labute approximate surface area is 181 Å². The van der Waals surface area contributed by atoms with E-state index < -0.39 is 0 Å². The molecule has 0 saturated carbocycles. The molecule has 7 heteroatoms. The van der Waals surface area contributed by atoms with Crippen molar-refractivity contribution in [2.75, 3.05) is 35.3 Å². The number of aromatic nitrogens is 1. The van der Waals surface area contributed by atoms with Crippen molar-refractivity contribution in [3.63, 3.8) is 0 Å². The molecule has 158 valence electrons. The number of rotatable bonds is 7. The van der Waals surface area contributed by atoms with E-state index in [1.54, 1.807) is 35.2 Å². The molecular formula is C24H24N4O3. The van der Waals surface area contributed by atoms with Gasteiger partial charge in [0.1, 0.15) is 11.6 Å². The minimum absolute atomic E-state index is 0.104. The van der Waals surface area contributed by atoms with E-state index in [-0.39, 0.29) is 11.9 Å². The second kappa shape index (κ2) is 9.30. The van der Waals surface area contributed by atoms with Crippen LogP contribution < -0.4 is 19.9 Å². The van der Waals surface area contributed by atoms with E-state index in [9.17, 15) is 9.59 Å². The Hall–Kier alpha value is -3.87. The van der Waals surface area contributed by atoms with Crippen molar-refractivity contribution in [2.45, 2.75) is 12.8 Å². The van der Waals surface area contributed by atoms with E-state index >= 15 is 0 Å². The van der Waals surface area contributed by atoms with Crippen LogP contribution in [0.25, 0.3) is 0 Å². The number of carbonyl (C=O) groups excluding carboxylic acids is 2. The maximum Gasteiger partial charge on any atom is 0.330 e. The number of nitrogens with zero attached hydrogens (tertiary/aromatic N) is 3. The molecule has 0 radical (unpaired) electrons. The Balaban J connectivity index is 1.34. The highest BCUT2D eigenvalue weighted by atomic mass is 16.5. The number of para-hydroxylation sites is 2. The number of pyridine rings is 1. The number of methoxy groups -OCH3 is 1. The number of carbonyl (C=O) groups is 2. The Kier molecular flexibility index (Phi) is 6.12. The summed E-state index contributed by atoms with van der Waals surface area (Å²) in [7, 11) is 1.62. The van der Waals surface area contributed by atoms with Crippen LogP contribution in [0.1, 0.15) is 12.0 Å². The lowest BCUT2D eigenvalue weighted by atomic mass is 10.1. The first kappa shape index (κ1) is 20.4. The fraction of sp³-hybridized carbons (Fsp3) is 0.208. The summed E-state index contributed by atoms with van der Waals surface area (Å²) in [6.45, 7) is 1.16. The van der Waals surface area contributed by atoms with Gasteiger partial charge < -0.3 is 10.1 Å². The van der Waals surface area contributed by atoms with Gasteiger partial charge in [-0.15, -0.1) is 0 Å². The van der Waals surface area contributed by atoms with Gasteiger partial charge in [-0.2, -0.15) is 0 Å². The fourth-order valence-corrected chi connectivity index (χ4v) is 3.60. The molecule has 2 aromatic carbocycles. The number of anilines is 3. The van der Waals surface area contributed by atoms with Gasteiger partial charge in [0.05, 0.1) is 19.0 Å². The fourth-order valence-electron chi connectivity index (χ4n) is 3.60. The molecule has 3 aromatic rings. The highest BCUT2D eigenvalue weighted by molar-refractivity contribution is 6.05. The highest BCUT2D eigenvalue weighted by Gasteiger charge is 2.31. The molecule has 0 atom stereocenters. The van der Waals surface area contributed by atoms with Crippen LogP contribution in [0.5, 0.6) is 5.75 Å². The van der Waals surface area contributed by atoms with Crippen molar-refractivity contribution in [1.29, 1.82) is 0 Å². The SMILES string of the molecule is COc1ccccc1CCC(=O)Nc1ccc(N2CCN(c3ccccc3)C2=O)nc1. The maximum absolute atomic E-state index is 12.8. The van der Waals surface area contributed by atoms with E-state index in [4.69, 9.17) is 4.74 Å². The molecule has 0 unspecified atom stereocenters. The van der Waals surface area contributed by atoms with Crippen LogP contribution in [0, 0.1) is 0 Å². The molecule has 0 spiro atoms. The summed E-state index contributed by atoms with van der Waals surface area (Å²) in [5.41, 5.74) is 2.46. The van der Waals surface area contributed by atoms with Gasteiger partial charge >= 0.3 is 6.03 Å². The lowest BCUT2D eigenvalue weighted by Gasteiger charge is -2.18. The van der Waals surface area contributed by atoms with Crippen molar-refractivity contribution in [3.8, 4) is 5.75 Å². The Morgan fingerprint density at radius 3 is 2.48 bits per heavy atom. The first-order valence-corrected chi connectivity index (χ1v) is 10.2. The molecular weight excluding hydrogens is 392 g/mol. The van der Waals surface area contributed by atoms with Gasteiger partial charge in [0.25, 0.3) is 0 Å². The number of ether oxygens (including phenoxy) is 1. The average molecular weight is 416 g/mol. The number of hydrogen-bond acceptors (Lipinski definition) is 4. The number of hydrogen-bond donors (Lipinski definition) is 1. The molecule has 1 aliphatic heterocycles. The summed E-state index contributed by atoms with van der Waals surface area (Å²) in [6, 6.07) is 20.7. The zero-order valence-electron chi connectivity index (χ0n) is 17.3. The van der Waals surface area contributed by atoms with Crippen LogP contribution in [0.4, 0.5) is 22.0 Å². The summed E-state index contributed by atoms with van der Waals surface area (Å²) >= 11 is 0. The standard InChI is InChI=1S/C24H24N4O3/c1-31-21-10-6-5-7-18(21)11-14-23(29)26-19-12-13-22(25-17-19)28-16-15-27(24(28)30)20-8-3-2-4-9-20/h2-10,12-13,17H,11,14-16H2,1H3,(H,26,29). The summed E-state index contributed by atoms with van der Waals surface area (Å²) in [4.78, 5) is 32.9. The molecule has 1 aliphatic rings. The predicted octanol–water partition coefficient (Wildman–Crippen LogP) is 4.11. The van der Waals surface area contributed by atoms with E-state index in [0.29, 0.717) is 37.4 Å². The van der Waals surface area contributed by atoms with Crippen molar-refractivity contribution < 1.29 is 14.3 Å². The van der Waals surface area contributed by atoms with Gasteiger partial charge in [0.2, 0.25) is 5.91 Å². The summed E-state index contributed by atoms with van der Waals surface area (Å²) in [5.74, 6) is 1.24. The van der Waals surface area contributed by atoms with Crippen molar-refractivity contribution in [1.82, 2.24) is 4.98 Å².